The maximum absolute atomic E-state index is 12.7. The van der Waals surface area contributed by atoms with Crippen molar-refractivity contribution in [3.63, 3.8) is 0 Å². The molecule has 8 heteroatoms. The molecule has 1 aromatic carbocycles. The minimum atomic E-state index is -0.0192. The molecular weight excluding hydrogens is 354 g/mol. The number of oxazole rings is 1. The van der Waals surface area contributed by atoms with Crippen molar-refractivity contribution in [2.75, 3.05) is 25.0 Å². The highest BCUT2D eigenvalue weighted by Crippen LogP contribution is 2.27. The SMILES string of the molecule is CN(C(=O)c1cnn(C)c1)C1CCCN(c2nc3ccc(Cl)cc3o2)C1. The lowest BCUT2D eigenvalue weighted by atomic mass is 10.0. The second-order valence-corrected chi connectivity index (χ2v) is 7.11. The molecule has 1 unspecified atom stereocenters. The van der Waals surface area contributed by atoms with E-state index >= 15 is 0 Å². The maximum atomic E-state index is 12.7. The Morgan fingerprint density at radius 1 is 1.42 bits per heavy atom. The smallest absolute Gasteiger partial charge is 0.298 e. The first-order chi connectivity index (χ1) is 12.5. The third kappa shape index (κ3) is 3.14. The van der Waals surface area contributed by atoms with E-state index < -0.39 is 0 Å². The number of hydrogen-bond acceptors (Lipinski definition) is 5. The Morgan fingerprint density at radius 3 is 3.04 bits per heavy atom. The van der Waals surface area contributed by atoms with Gasteiger partial charge in [0.05, 0.1) is 11.8 Å². The third-order valence-corrected chi connectivity index (χ3v) is 5.06. The molecule has 0 bridgehead atoms. The molecule has 0 N–H and O–H groups in total. The summed E-state index contributed by atoms with van der Waals surface area (Å²) in [5.41, 5.74) is 2.06. The molecule has 0 spiro atoms. The number of nitrogens with zero attached hydrogens (tertiary/aromatic N) is 5. The summed E-state index contributed by atoms with van der Waals surface area (Å²) >= 11 is 6.02. The minimum absolute atomic E-state index is 0.0192. The zero-order chi connectivity index (χ0) is 18.3. The molecule has 1 aliphatic heterocycles. The number of carbonyl (C=O) groups is 1. The number of likely N-dealkylation sites (N-methyl/N-ethyl adjacent to an activating group) is 1. The summed E-state index contributed by atoms with van der Waals surface area (Å²) in [5.74, 6) is -0.0192. The number of anilines is 1. The molecule has 1 amide bonds. The predicted octanol–water partition coefficient (Wildman–Crippen LogP) is 2.96. The zero-order valence-corrected chi connectivity index (χ0v) is 15.5. The fraction of sp³-hybridized carbons (Fsp3) is 0.389. The van der Waals surface area contributed by atoms with Gasteiger partial charge in [0.25, 0.3) is 11.9 Å². The van der Waals surface area contributed by atoms with Gasteiger partial charge in [0.15, 0.2) is 5.58 Å². The second kappa shape index (κ2) is 6.64. The molecule has 3 aromatic rings. The predicted molar refractivity (Wildman–Crippen MR) is 99.6 cm³/mol. The van der Waals surface area contributed by atoms with Crippen LogP contribution in [0.2, 0.25) is 5.02 Å². The number of rotatable bonds is 3. The summed E-state index contributed by atoms with van der Waals surface area (Å²) in [6.45, 7) is 1.54. The molecular formula is C18H20ClN5O2. The summed E-state index contributed by atoms with van der Waals surface area (Å²) in [6, 6.07) is 6.09. The number of carbonyl (C=O) groups excluding carboxylic acids is 1. The fourth-order valence-electron chi connectivity index (χ4n) is 3.37. The molecule has 136 valence electrons. The molecule has 1 atom stereocenters. The summed E-state index contributed by atoms with van der Waals surface area (Å²) in [5, 5.41) is 4.71. The van der Waals surface area contributed by atoms with Crippen molar-refractivity contribution >= 4 is 34.6 Å². The van der Waals surface area contributed by atoms with Gasteiger partial charge in [-0.3, -0.25) is 9.48 Å². The summed E-state index contributed by atoms with van der Waals surface area (Å²) in [7, 11) is 3.65. The van der Waals surface area contributed by atoms with Gasteiger partial charge in [0, 0.05) is 50.5 Å². The molecule has 4 rings (SSSR count). The van der Waals surface area contributed by atoms with Crippen LogP contribution < -0.4 is 4.90 Å². The molecule has 1 fully saturated rings. The van der Waals surface area contributed by atoms with Crippen molar-refractivity contribution in [1.82, 2.24) is 19.7 Å². The number of benzene rings is 1. The van der Waals surface area contributed by atoms with Crippen LogP contribution >= 0.6 is 11.6 Å². The van der Waals surface area contributed by atoms with Crippen molar-refractivity contribution < 1.29 is 9.21 Å². The Labute approximate surface area is 156 Å². The Hall–Kier alpha value is -2.54. The first-order valence-corrected chi connectivity index (χ1v) is 8.96. The zero-order valence-electron chi connectivity index (χ0n) is 14.7. The van der Waals surface area contributed by atoms with Gasteiger partial charge in [0.2, 0.25) is 0 Å². The Kier molecular flexibility index (Phi) is 4.32. The Bertz CT molecular complexity index is 950. The van der Waals surface area contributed by atoms with Crippen LogP contribution in [0, 0.1) is 0 Å². The van der Waals surface area contributed by atoms with Crippen molar-refractivity contribution in [2.24, 2.45) is 7.05 Å². The van der Waals surface area contributed by atoms with Gasteiger partial charge < -0.3 is 14.2 Å². The summed E-state index contributed by atoms with van der Waals surface area (Å²) < 4.78 is 7.52. The number of fused-ring (bicyclic) bond motifs is 1. The van der Waals surface area contributed by atoms with Crippen molar-refractivity contribution in [3.8, 4) is 0 Å². The van der Waals surface area contributed by atoms with Crippen LogP contribution in [-0.2, 0) is 7.05 Å². The number of aromatic nitrogens is 3. The number of aryl methyl sites for hydroxylation is 1. The van der Waals surface area contributed by atoms with E-state index in [4.69, 9.17) is 16.0 Å². The van der Waals surface area contributed by atoms with Crippen LogP contribution in [0.5, 0.6) is 0 Å². The first kappa shape index (κ1) is 16.9. The monoisotopic (exact) mass is 373 g/mol. The van der Waals surface area contributed by atoms with Crippen LogP contribution in [0.3, 0.4) is 0 Å². The normalized spacial score (nSPS) is 17.7. The third-order valence-electron chi connectivity index (χ3n) is 4.83. The lowest BCUT2D eigenvalue weighted by Crippen LogP contribution is -2.48. The maximum Gasteiger partial charge on any atom is 0.298 e. The lowest BCUT2D eigenvalue weighted by molar-refractivity contribution is 0.0716. The number of amides is 1. The number of hydrogen-bond donors (Lipinski definition) is 0. The molecule has 7 nitrogen and oxygen atoms in total. The van der Waals surface area contributed by atoms with Crippen LogP contribution in [0.15, 0.2) is 35.0 Å². The second-order valence-electron chi connectivity index (χ2n) is 6.67. The van der Waals surface area contributed by atoms with Gasteiger partial charge in [-0.15, -0.1) is 0 Å². The van der Waals surface area contributed by atoms with E-state index in [1.54, 1.807) is 41.2 Å². The molecule has 26 heavy (non-hydrogen) atoms. The molecule has 0 saturated carbocycles. The van der Waals surface area contributed by atoms with E-state index in [1.165, 1.54) is 0 Å². The summed E-state index contributed by atoms with van der Waals surface area (Å²) in [6.07, 6.45) is 5.26. The van der Waals surface area contributed by atoms with Crippen molar-refractivity contribution in [3.05, 3.63) is 41.2 Å². The van der Waals surface area contributed by atoms with Gasteiger partial charge in [-0.05, 0) is 25.0 Å². The highest BCUT2D eigenvalue weighted by molar-refractivity contribution is 6.31. The van der Waals surface area contributed by atoms with Gasteiger partial charge in [-0.25, -0.2) is 0 Å². The van der Waals surface area contributed by atoms with Crippen LogP contribution in [-0.4, -0.2) is 51.8 Å². The Balaban J connectivity index is 1.52. The average molecular weight is 374 g/mol. The standard InChI is InChI=1S/C18H20ClN5O2/c1-22-10-12(9-20-22)17(25)23(2)14-4-3-7-24(11-14)18-21-15-6-5-13(19)8-16(15)26-18/h5-6,8-10,14H,3-4,7,11H2,1-2H3. The van der Waals surface area contributed by atoms with E-state index in [0.29, 0.717) is 28.7 Å². The van der Waals surface area contributed by atoms with Crippen molar-refractivity contribution in [2.45, 2.75) is 18.9 Å². The van der Waals surface area contributed by atoms with E-state index in [-0.39, 0.29) is 11.9 Å². The summed E-state index contributed by atoms with van der Waals surface area (Å²) in [4.78, 5) is 21.1. The first-order valence-electron chi connectivity index (χ1n) is 8.58. The highest BCUT2D eigenvalue weighted by Gasteiger charge is 2.29. The van der Waals surface area contributed by atoms with Crippen LogP contribution in [0.1, 0.15) is 23.2 Å². The molecule has 2 aromatic heterocycles. The van der Waals surface area contributed by atoms with E-state index in [9.17, 15) is 4.79 Å². The van der Waals surface area contributed by atoms with Gasteiger partial charge in [0.1, 0.15) is 5.52 Å². The minimum Gasteiger partial charge on any atom is -0.423 e. The average Bonchev–Trinajstić information content (AvgIpc) is 3.26. The van der Waals surface area contributed by atoms with Gasteiger partial charge in [-0.2, -0.15) is 10.1 Å². The fourth-order valence-corrected chi connectivity index (χ4v) is 3.53. The number of halogens is 1. The topological polar surface area (TPSA) is 67.4 Å². The molecule has 1 saturated heterocycles. The van der Waals surface area contributed by atoms with Gasteiger partial charge >= 0.3 is 0 Å². The Morgan fingerprint density at radius 2 is 2.27 bits per heavy atom. The van der Waals surface area contributed by atoms with Crippen LogP contribution in [0.4, 0.5) is 6.01 Å². The molecule has 0 aliphatic carbocycles. The van der Waals surface area contributed by atoms with Crippen LogP contribution in [0.25, 0.3) is 11.1 Å². The largest absolute Gasteiger partial charge is 0.423 e. The quantitative estimate of drug-likeness (QED) is 0.706. The van der Waals surface area contributed by atoms with E-state index in [1.807, 2.05) is 13.1 Å². The van der Waals surface area contributed by atoms with E-state index in [2.05, 4.69) is 15.0 Å². The van der Waals surface area contributed by atoms with E-state index in [0.717, 1.165) is 24.9 Å². The van der Waals surface area contributed by atoms with Gasteiger partial charge in [-0.1, -0.05) is 11.6 Å². The molecule has 3 heterocycles. The molecule has 0 radical (unpaired) electrons. The molecule has 1 aliphatic rings. The number of piperidine rings is 1. The highest BCUT2D eigenvalue weighted by atomic mass is 35.5. The lowest BCUT2D eigenvalue weighted by Gasteiger charge is -2.36. The van der Waals surface area contributed by atoms with Crippen molar-refractivity contribution in [1.29, 1.82) is 0 Å².